The van der Waals surface area contributed by atoms with Gasteiger partial charge < -0.3 is 4.90 Å². The van der Waals surface area contributed by atoms with Crippen LogP contribution in [0.5, 0.6) is 0 Å². The van der Waals surface area contributed by atoms with Crippen LogP contribution >= 0.6 is 0 Å². The summed E-state index contributed by atoms with van der Waals surface area (Å²) in [4.78, 5) is 23.2. The van der Waals surface area contributed by atoms with Crippen molar-refractivity contribution in [2.75, 3.05) is 11.5 Å². The van der Waals surface area contributed by atoms with Crippen molar-refractivity contribution in [2.45, 2.75) is 52.1 Å². The maximum absolute atomic E-state index is 12.4. The van der Waals surface area contributed by atoms with Gasteiger partial charge >= 0.3 is 0 Å². The van der Waals surface area contributed by atoms with Crippen LogP contribution in [0.4, 0.5) is 0 Å². The number of hydrogen-bond donors (Lipinski definition) is 0. The highest BCUT2D eigenvalue weighted by molar-refractivity contribution is 7.91. The Kier molecular flexibility index (Phi) is 3.94. The third-order valence-electron chi connectivity index (χ3n) is 4.47. The van der Waals surface area contributed by atoms with Crippen LogP contribution in [0.3, 0.4) is 0 Å². The van der Waals surface area contributed by atoms with E-state index in [1.807, 2.05) is 6.20 Å². The summed E-state index contributed by atoms with van der Waals surface area (Å²) in [6.45, 7) is 7.21. The average Bonchev–Trinajstić information content (AvgIpc) is 3.00. The zero-order chi connectivity index (χ0) is 16.8. The summed E-state index contributed by atoms with van der Waals surface area (Å²) >= 11 is 0. The molecule has 2 aliphatic rings. The number of carbonyl (C=O) groups is 1. The molecule has 0 aliphatic carbocycles. The molecule has 0 N–H and O–H groups in total. The first-order chi connectivity index (χ1) is 10.6. The smallest absolute Gasteiger partial charge is 0.223 e. The highest BCUT2D eigenvalue weighted by Gasteiger charge is 2.33. The first-order valence-corrected chi connectivity index (χ1v) is 9.80. The van der Waals surface area contributed by atoms with Crippen LogP contribution in [0, 0.1) is 5.92 Å². The summed E-state index contributed by atoms with van der Waals surface area (Å²) in [6.07, 6.45) is 2.73. The first-order valence-electron chi connectivity index (χ1n) is 7.97. The minimum atomic E-state index is -2.93. The molecule has 3 heterocycles. The molecule has 1 amide bonds. The lowest BCUT2D eigenvalue weighted by molar-refractivity contribution is -0.132. The fourth-order valence-electron chi connectivity index (χ4n) is 3.10. The molecule has 6 nitrogen and oxygen atoms in total. The Hall–Kier alpha value is -1.50. The average molecular weight is 337 g/mol. The van der Waals surface area contributed by atoms with Crippen molar-refractivity contribution in [1.29, 1.82) is 0 Å². The zero-order valence-electron chi connectivity index (χ0n) is 13.9. The predicted molar refractivity (Wildman–Crippen MR) is 86.4 cm³/mol. The van der Waals surface area contributed by atoms with E-state index in [2.05, 4.69) is 30.7 Å². The minimum Gasteiger partial charge on any atom is -0.332 e. The summed E-state index contributed by atoms with van der Waals surface area (Å²) in [5.41, 5.74) is 1.78. The van der Waals surface area contributed by atoms with Crippen LogP contribution in [-0.2, 0) is 33.1 Å². The number of rotatable bonds is 2. The molecule has 126 valence electrons. The zero-order valence-corrected chi connectivity index (χ0v) is 14.7. The van der Waals surface area contributed by atoms with Gasteiger partial charge in [-0.15, -0.1) is 0 Å². The molecule has 1 aromatic rings. The molecule has 1 aromatic heterocycles. The summed E-state index contributed by atoms with van der Waals surface area (Å²) in [7, 11) is -2.93. The van der Waals surface area contributed by atoms with Crippen LogP contribution in [0.1, 0.15) is 50.7 Å². The van der Waals surface area contributed by atoms with E-state index in [0.717, 1.165) is 17.1 Å². The third kappa shape index (κ3) is 3.54. The maximum atomic E-state index is 12.4. The number of aromatic nitrogens is 2. The molecule has 0 aromatic carbocycles. The Bertz CT molecular complexity index is 737. The second-order valence-corrected chi connectivity index (χ2v) is 9.87. The fraction of sp³-hybridized carbons (Fsp3) is 0.688. The highest BCUT2D eigenvalue weighted by Crippen LogP contribution is 2.27. The third-order valence-corrected chi connectivity index (χ3v) is 6.31. The second kappa shape index (κ2) is 5.54. The van der Waals surface area contributed by atoms with Crippen LogP contribution in [-0.4, -0.2) is 40.7 Å². The van der Waals surface area contributed by atoms with E-state index in [1.54, 1.807) is 4.90 Å². The predicted octanol–water partition coefficient (Wildman–Crippen LogP) is 1.44. The highest BCUT2D eigenvalue weighted by atomic mass is 32.2. The number of fused-ring (bicyclic) bond motifs is 1. The Labute approximate surface area is 137 Å². The molecule has 0 radical (unpaired) electrons. The van der Waals surface area contributed by atoms with Gasteiger partial charge in [0, 0.05) is 30.1 Å². The summed E-state index contributed by atoms with van der Waals surface area (Å²) in [5, 5.41) is 0. The van der Waals surface area contributed by atoms with Gasteiger partial charge in [-0.25, -0.2) is 18.4 Å². The second-order valence-electron chi connectivity index (χ2n) is 7.64. The Morgan fingerprint density at radius 1 is 1.35 bits per heavy atom. The number of hydrogen-bond acceptors (Lipinski definition) is 5. The SMILES string of the molecule is CC(C)(C)c1ncc2c(n1)CN(C(=O)C[C@H]1CCS(=O)(=O)C1)C2. The molecule has 0 saturated carbocycles. The van der Waals surface area contributed by atoms with E-state index >= 15 is 0 Å². The van der Waals surface area contributed by atoms with Gasteiger partial charge in [-0.2, -0.15) is 0 Å². The Morgan fingerprint density at radius 3 is 2.70 bits per heavy atom. The number of amides is 1. The van der Waals surface area contributed by atoms with Crippen molar-refractivity contribution in [1.82, 2.24) is 14.9 Å². The largest absolute Gasteiger partial charge is 0.332 e. The van der Waals surface area contributed by atoms with Crippen LogP contribution in [0.15, 0.2) is 6.20 Å². The van der Waals surface area contributed by atoms with Gasteiger partial charge in [0.15, 0.2) is 9.84 Å². The van der Waals surface area contributed by atoms with E-state index in [0.29, 0.717) is 25.9 Å². The van der Waals surface area contributed by atoms with Gasteiger partial charge in [0.05, 0.1) is 23.7 Å². The van der Waals surface area contributed by atoms with Crippen molar-refractivity contribution in [3.8, 4) is 0 Å². The molecular weight excluding hydrogens is 314 g/mol. The molecule has 3 rings (SSSR count). The van der Waals surface area contributed by atoms with Gasteiger partial charge in [-0.05, 0) is 12.3 Å². The van der Waals surface area contributed by atoms with Crippen molar-refractivity contribution >= 4 is 15.7 Å². The standard InChI is InChI=1S/C16H23N3O3S/c1-16(2,3)15-17-7-12-8-19(9-13(12)18-15)14(20)6-11-4-5-23(21,22)10-11/h7,11H,4-6,8-10H2,1-3H3/t11-/m1/s1. The molecule has 1 atom stereocenters. The lowest BCUT2D eigenvalue weighted by Crippen LogP contribution is -2.27. The summed E-state index contributed by atoms with van der Waals surface area (Å²) < 4.78 is 23.0. The van der Waals surface area contributed by atoms with E-state index in [1.165, 1.54) is 0 Å². The van der Waals surface area contributed by atoms with Crippen molar-refractivity contribution < 1.29 is 13.2 Å². The lowest BCUT2D eigenvalue weighted by Gasteiger charge is -2.17. The number of carbonyl (C=O) groups excluding carboxylic acids is 1. The van der Waals surface area contributed by atoms with Crippen LogP contribution in [0.2, 0.25) is 0 Å². The van der Waals surface area contributed by atoms with E-state index in [-0.39, 0.29) is 28.7 Å². The molecule has 0 unspecified atom stereocenters. The van der Waals surface area contributed by atoms with Crippen molar-refractivity contribution in [3.05, 3.63) is 23.3 Å². The van der Waals surface area contributed by atoms with Gasteiger partial charge in [0.25, 0.3) is 0 Å². The quantitative estimate of drug-likeness (QED) is 0.816. The van der Waals surface area contributed by atoms with Gasteiger partial charge in [-0.3, -0.25) is 4.79 Å². The number of sulfone groups is 1. The monoisotopic (exact) mass is 337 g/mol. The van der Waals surface area contributed by atoms with E-state index in [9.17, 15) is 13.2 Å². The van der Waals surface area contributed by atoms with Crippen molar-refractivity contribution in [2.24, 2.45) is 5.92 Å². The molecule has 0 spiro atoms. The fourth-order valence-corrected chi connectivity index (χ4v) is 4.96. The molecular formula is C16H23N3O3S. The minimum absolute atomic E-state index is 0.0161. The molecule has 23 heavy (non-hydrogen) atoms. The summed E-state index contributed by atoms with van der Waals surface area (Å²) in [5.74, 6) is 1.13. The molecule has 7 heteroatoms. The van der Waals surface area contributed by atoms with E-state index in [4.69, 9.17) is 0 Å². The first kappa shape index (κ1) is 16.4. The van der Waals surface area contributed by atoms with Crippen molar-refractivity contribution in [3.63, 3.8) is 0 Å². The Morgan fingerprint density at radius 2 is 2.09 bits per heavy atom. The van der Waals surface area contributed by atoms with Gasteiger partial charge in [0.1, 0.15) is 5.82 Å². The van der Waals surface area contributed by atoms with Crippen LogP contribution in [0.25, 0.3) is 0 Å². The van der Waals surface area contributed by atoms with E-state index < -0.39 is 9.84 Å². The van der Waals surface area contributed by atoms with Gasteiger partial charge in [-0.1, -0.05) is 20.8 Å². The Balaban J connectivity index is 1.66. The molecule has 2 aliphatic heterocycles. The molecule has 0 bridgehead atoms. The topological polar surface area (TPSA) is 80.2 Å². The lowest BCUT2D eigenvalue weighted by atomic mass is 9.95. The maximum Gasteiger partial charge on any atom is 0.223 e. The number of nitrogens with zero attached hydrogens (tertiary/aromatic N) is 3. The van der Waals surface area contributed by atoms with Gasteiger partial charge in [0.2, 0.25) is 5.91 Å². The summed E-state index contributed by atoms with van der Waals surface area (Å²) in [6, 6.07) is 0. The molecule has 1 saturated heterocycles. The molecule has 1 fully saturated rings. The van der Waals surface area contributed by atoms with Crippen LogP contribution < -0.4 is 0 Å². The normalized spacial score (nSPS) is 23.1.